The van der Waals surface area contributed by atoms with Gasteiger partial charge in [0.25, 0.3) is 0 Å². The second-order valence-electron chi connectivity index (χ2n) is 7.16. The molecule has 0 unspecified atom stereocenters. The van der Waals surface area contributed by atoms with Crippen molar-refractivity contribution in [2.24, 2.45) is 11.8 Å². The van der Waals surface area contributed by atoms with Crippen molar-refractivity contribution in [2.45, 2.75) is 58.3 Å². The van der Waals surface area contributed by atoms with Crippen molar-refractivity contribution in [3.8, 4) is 0 Å². The molecule has 7 nitrogen and oxygen atoms in total. The Morgan fingerprint density at radius 1 is 1.16 bits per heavy atom. The largest absolute Gasteiger partial charge is 0.356 e. The number of nitrogens with zero attached hydrogens (tertiary/aromatic N) is 3. The van der Waals surface area contributed by atoms with E-state index in [0.29, 0.717) is 24.7 Å². The number of hydrogen-bond donors (Lipinski definition) is 1. The van der Waals surface area contributed by atoms with E-state index >= 15 is 0 Å². The lowest BCUT2D eigenvalue weighted by molar-refractivity contribution is -0.142. The molecule has 1 aliphatic carbocycles. The third-order valence-electron chi connectivity index (χ3n) is 5.27. The Morgan fingerprint density at radius 3 is 2.56 bits per heavy atom. The first-order chi connectivity index (χ1) is 12.1. The van der Waals surface area contributed by atoms with E-state index in [1.54, 1.807) is 6.92 Å². The van der Waals surface area contributed by atoms with Crippen LogP contribution in [0.1, 0.15) is 56.7 Å². The molecule has 2 fully saturated rings. The molecule has 0 bridgehead atoms. The van der Waals surface area contributed by atoms with Gasteiger partial charge in [0.15, 0.2) is 5.82 Å². The van der Waals surface area contributed by atoms with Crippen molar-refractivity contribution in [3.63, 3.8) is 0 Å². The second kappa shape index (κ2) is 8.45. The smallest absolute Gasteiger partial charge is 0.226 e. The number of carbonyl (C=O) groups excluding carboxylic acids is 2. The molecule has 3 rings (SSSR count). The monoisotopic (exact) mass is 348 g/mol. The number of rotatable bonds is 6. The average molecular weight is 348 g/mol. The van der Waals surface area contributed by atoms with Crippen LogP contribution in [0.4, 0.5) is 0 Å². The van der Waals surface area contributed by atoms with Gasteiger partial charge in [0, 0.05) is 37.9 Å². The van der Waals surface area contributed by atoms with E-state index in [0.717, 1.165) is 58.0 Å². The number of likely N-dealkylation sites (tertiary alicyclic amines) is 1. The molecule has 2 aliphatic rings. The summed E-state index contributed by atoms with van der Waals surface area (Å²) in [5.41, 5.74) is 0. The van der Waals surface area contributed by atoms with Crippen molar-refractivity contribution in [1.29, 1.82) is 0 Å². The van der Waals surface area contributed by atoms with Crippen LogP contribution in [0.3, 0.4) is 0 Å². The minimum Gasteiger partial charge on any atom is -0.356 e. The van der Waals surface area contributed by atoms with Crippen molar-refractivity contribution < 1.29 is 14.1 Å². The zero-order chi connectivity index (χ0) is 17.6. The van der Waals surface area contributed by atoms with Gasteiger partial charge >= 0.3 is 0 Å². The standard InChI is InChI=1S/C18H28N4O3/c1-13-20-16(25-21-13)9-6-10-19-17(23)14-7-2-3-8-15(14)18(24)22-11-4-5-12-22/h14-15H,2-12H2,1H3,(H,19,23)/t14-,15-/m1/s1. The Labute approximate surface area is 148 Å². The summed E-state index contributed by atoms with van der Waals surface area (Å²) in [6.07, 6.45) is 7.32. The molecule has 2 amide bonds. The summed E-state index contributed by atoms with van der Waals surface area (Å²) in [5.74, 6) is 1.14. The van der Waals surface area contributed by atoms with E-state index in [-0.39, 0.29) is 23.7 Å². The van der Waals surface area contributed by atoms with E-state index < -0.39 is 0 Å². The molecule has 1 aromatic rings. The van der Waals surface area contributed by atoms with E-state index in [2.05, 4.69) is 15.5 Å². The van der Waals surface area contributed by atoms with Crippen LogP contribution in [-0.2, 0) is 16.0 Å². The predicted octanol–water partition coefficient (Wildman–Crippen LogP) is 1.86. The minimum absolute atomic E-state index is 0.0268. The van der Waals surface area contributed by atoms with Crippen LogP contribution in [0, 0.1) is 18.8 Å². The summed E-state index contributed by atoms with van der Waals surface area (Å²) in [6, 6.07) is 0. The molecule has 2 heterocycles. The maximum Gasteiger partial charge on any atom is 0.226 e. The first kappa shape index (κ1) is 17.9. The minimum atomic E-state index is -0.174. The second-order valence-corrected chi connectivity index (χ2v) is 7.16. The molecule has 1 saturated heterocycles. The van der Waals surface area contributed by atoms with Crippen molar-refractivity contribution in [2.75, 3.05) is 19.6 Å². The van der Waals surface area contributed by atoms with Gasteiger partial charge in [-0.2, -0.15) is 4.98 Å². The molecule has 2 atom stereocenters. The molecular weight excluding hydrogens is 320 g/mol. The lowest BCUT2D eigenvalue weighted by Crippen LogP contribution is -2.44. The summed E-state index contributed by atoms with van der Waals surface area (Å²) in [7, 11) is 0. The molecule has 1 N–H and O–H groups in total. The molecule has 0 radical (unpaired) electrons. The molecule has 138 valence electrons. The fraction of sp³-hybridized carbons (Fsp3) is 0.778. The molecule has 1 aromatic heterocycles. The van der Waals surface area contributed by atoms with Crippen LogP contribution in [0.2, 0.25) is 0 Å². The summed E-state index contributed by atoms with van der Waals surface area (Å²) < 4.78 is 5.07. The van der Waals surface area contributed by atoms with E-state index in [1.165, 1.54) is 0 Å². The average Bonchev–Trinajstić information content (AvgIpc) is 3.30. The third kappa shape index (κ3) is 4.58. The Balaban J connectivity index is 1.47. The van der Waals surface area contributed by atoms with Gasteiger partial charge < -0.3 is 14.7 Å². The van der Waals surface area contributed by atoms with Gasteiger partial charge in [-0.1, -0.05) is 18.0 Å². The first-order valence-electron chi connectivity index (χ1n) is 9.51. The lowest BCUT2D eigenvalue weighted by Gasteiger charge is -2.32. The number of aryl methyl sites for hydroxylation is 2. The summed E-state index contributed by atoms with van der Waals surface area (Å²) in [4.78, 5) is 31.5. The van der Waals surface area contributed by atoms with E-state index in [9.17, 15) is 9.59 Å². The summed E-state index contributed by atoms with van der Waals surface area (Å²) >= 11 is 0. The summed E-state index contributed by atoms with van der Waals surface area (Å²) in [5, 5.41) is 6.76. The molecule has 25 heavy (non-hydrogen) atoms. The predicted molar refractivity (Wildman–Crippen MR) is 91.6 cm³/mol. The van der Waals surface area contributed by atoms with Crippen molar-refractivity contribution in [1.82, 2.24) is 20.4 Å². The van der Waals surface area contributed by atoms with Crippen LogP contribution >= 0.6 is 0 Å². The van der Waals surface area contributed by atoms with Gasteiger partial charge in [0.1, 0.15) is 0 Å². The maximum atomic E-state index is 12.8. The Hall–Kier alpha value is -1.92. The highest BCUT2D eigenvalue weighted by molar-refractivity contribution is 5.88. The van der Waals surface area contributed by atoms with Crippen LogP contribution in [0.15, 0.2) is 4.52 Å². The highest BCUT2D eigenvalue weighted by Crippen LogP contribution is 2.32. The topological polar surface area (TPSA) is 88.3 Å². The summed E-state index contributed by atoms with van der Waals surface area (Å²) in [6.45, 7) is 4.07. The maximum absolute atomic E-state index is 12.8. The SMILES string of the molecule is Cc1noc(CCCNC(=O)[C@@H]2CCCC[C@H]2C(=O)N2CCCC2)n1. The van der Waals surface area contributed by atoms with Crippen LogP contribution in [-0.4, -0.2) is 46.5 Å². The zero-order valence-electron chi connectivity index (χ0n) is 15.0. The third-order valence-corrected chi connectivity index (χ3v) is 5.27. The van der Waals surface area contributed by atoms with Gasteiger partial charge in [-0.05, 0) is 39.0 Å². The molecular formula is C18H28N4O3. The molecule has 0 aromatic carbocycles. The quantitative estimate of drug-likeness (QED) is 0.793. The fourth-order valence-electron chi connectivity index (χ4n) is 3.94. The van der Waals surface area contributed by atoms with Crippen molar-refractivity contribution >= 4 is 11.8 Å². The number of aromatic nitrogens is 2. The van der Waals surface area contributed by atoms with Crippen LogP contribution in [0.5, 0.6) is 0 Å². The molecule has 7 heteroatoms. The number of hydrogen-bond acceptors (Lipinski definition) is 5. The zero-order valence-corrected chi connectivity index (χ0v) is 15.0. The van der Waals surface area contributed by atoms with Crippen LogP contribution < -0.4 is 5.32 Å². The Kier molecular flexibility index (Phi) is 6.04. The Morgan fingerprint density at radius 2 is 1.88 bits per heavy atom. The lowest BCUT2D eigenvalue weighted by atomic mass is 9.78. The number of nitrogens with one attached hydrogen (secondary N) is 1. The van der Waals surface area contributed by atoms with Gasteiger partial charge in [0.2, 0.25) is 17.7 Å². The fourth-order valence-corrected chi connectivity index (χ4v) is 3.94. The Bertz CT molecular complexity index is 595. The van der Waals surface area contributed by atoms with Gasteiger partial charge in [-0.25, -0.2) is 0 Å². The van der Waals surface area contributed by atoms with E-state index in [1.807, 2.05) is 4.90 Å². The van der Waals surface area contributed by atoms with Gasteiger partial charge in [-0.15, -0.1) is 0 Å². The van der Waals surface area contributed by atoms with E-state index in [4.69, 9.17) is 4.52 Å². The number of amides is 2. The first-order valence-corrected chi connectivity index (χ1v) is 9.51. The number of carbonyl (C=O) groups is 2. The highest BCUT2D eigenvalue weighted by atomic mass is 16.5. The van der Waals surface area contributed by atoms with Crippen LogP contribution in [0.25, 0.3) is 0 Å². The van der Waals surface area contributed by atoms with Gasteiger partial charge in [-0.3, -0.25) is 9.59 Å². The molecule has 1 saturated carbocycles. The van der Waals surface area contributed by atoms with Gasteiger partial charge in [0.05, 0.1) is 0 Å². The highest BCUT2D eigenvalue weighted by Gasteiger charge is 2.38. The van der Waals surface area contributed by atoms with Crippen molar-refractivity contribution in [3.05, 3.63) is 11.7 Å². The normalized spacial score (nSPS) is 23.6. The molecule has 0 spiro atoms. The molecule has 1 aliphatic heterocycles.